The van der Waals surface area contributed by atoms with Crippen LogP contribution < -0.4 is 10.2 Å². The van der Waals surface area contributed by atoms with E-state index in [9.17, 15) is 4.79 Å². The van der Waals surface area contributed by atoms with Crippen LogP contribution in [-0.4, -0.2) is 50.3 Å². The molecule has 3 aromatic carbocycles. The van der Waals surface area contributed by atoms with Gasteiger partial charge in [0.05, 0.1) is 23.0 Å². The number of hydrogen-bond acceptors (Lipinski definition) is 4. The number of carbonyl (C=O) groups excluding carboxylic acids is 1. The molecule has 0 unspecified atom stereocenters. The van der Waals surface area contributed by atoms with Gasteiger partial charge in [-0.15, -0.1) is 0 Å². The first kappa shape index (κ1) is 20.5. The summed E-state index contributed by atoms with van der Waals surface area (Å²) >= 11 is 6.31. The van der Waals surface area contributed by atoms with Gasteiger partial charge in [0.15, 0.2) is 0 Å². The average molecular weight is 424 g/mol. The van der Waals surface area contributed by atoms with Gasteiger partial charge in [-0.2, -0.15) is 0 Å². The third-order valence-corrected chi connectivity index (χ3v) is 5.76. The van der Waals surface area contributed by atoms with Gasteiger partial charge < -0.3 is 9.64 Å². The first-order valence-corrected chi connectivity index (χ1v) is 10.7. The number of piperazine rings is 1. The predicted molar refractivity (Wildman–Crippen MR) is 124 cm³/mol. The maximum Gasteiger partial charge on any atom is 0.411 e. The van der Waals surface area contributed by atoms with Crippen molar-refractivity contribution < 1.29 is 9.53 Å². The summed E-state index contributed by atoms with van der Waals surface area (Å²) in [6, 6.07) is 21.8. The highest BCUT2D eigenvalue weighted by Crippen LogP contribution is 2.26. The van der Waals surface area contributed by atoms with Gasteiger partial charge >= 0.3 is 6.09 Å². The van der Waals surface area contributed by atoms with E-state index in [1.54, 1.807) is 0 Å². The Bertz CT molecular complexity index is 997. The van der Waals surface area contributed by atoms with Gasteiger partial charge in [0.25, 0.3) is 0 Å². The van der Waals surface area contributed by atoms with Crippen LogP contribution in [0.1, 0.15) is 6.42 Å². The highest BCUT2D eigenvalue weighted by molar-refractivity contribution is 6.33. The molecule has 1 aliphatic rings. The number of fused-ring (bicyclic) bond motifs is 1. The summed E-state index contributed by atoms with van der Waals surface area (Å²) in [6.45, 7) is 5.18. The number of ether oxygens (including phenoxy) is 1. The highest BCUT2D eigenvalue weighted by atomic mass is 35.5. The maximum atomic E-state index is 12.2. The first-order valence-electron chi connectivity index (χ1n) is 10.3. The van der Waals surface area contributed by atoms with Crippen LogP contribution in [0.4, 0.5) is 16.2 Å². The lowest BCUT2D eigenvalue weighted by atomic mass is 10.1. The van der Waals surface area contributed by atoms with Crippen LogP contribution in [0.2, 0.25) is 5.02 Å². The van der Waals surface area contributed by atoms with Gasteiger partial charge in [-0.05, 0) is 30.0 Å². The number of para-hydroxylation sites is 1. The van der Waals surface area contributed by atoms with Crippen LogP contribution in [0.15, 0.2) is 66.7 Å². The van der Waals surface area contributed by atoms with E-state index in [0.29, 0.717) is 6.61 Å². The average Bonchev–Trinajstić information content (AvgIpc) is 2.78. The number of nitrogens with zero attached hydrogens (tertiary/aromatic N) is 2. The zero-order valence-electron chi connectivity index (χ0n) is 16.9. The molecule has 5 nitrogen and oxygen atoms in total. The number of carbonyl (C=O) groups is 1. The van der Waals surface area contributed by atoms with Crippen molar-refractivity contribution in [2.75, 3.05) is 49.5 Å². The second-order valence-electron chi connectivity index (χ2n) is 7.42. The van der Waals surface area contributed by atoms with Crippen molar-refractivity contribution in [3.05, 3.63) is 71.8 Å². The quantitative estimate of drug-likeness (QED) is 0.549. The van der Waals surface area contributed by atoms with Gasteiger partial charge in [-0.1, -0.05) is 60.1 Å². The Kier molecular flexibility index (Phi) is 6.72. The monoisotopic (exact) mass is 423 g/mol. The van der Waals surface area contributed by atoms with E-state index in [-0.39, 0.29) is 0 Å². The normalized spacial score (nSPS) is 14.6. The van der Waals surface area contributed by atoms with Gasteiger partial charge in [-0.25, -0.2) is 4.79 Å². The zero-order chi connectivity index (χ0) is 20.8. The fourth-order valence-corrected chi connectivity index (χ4v) is 4.11. The number of benzene rings is 3. The third-order valence-electron chi connectivity index (χ3n) is 5.44. The number of anilines is 2. The zero-order valence-corrected chi connectivity index (χ0v) is 17.6. The number of hydrogen-bond donors (Lipinski definition) is 1. The topological polar surface area (TPSA) is 44.8 Å². The summed E-state index contributed by atoms with van der Waals surface area (Å²) in [4.78, 5) is 16.9. The number of halogens is 1. The summed E-state index contributed by atoms with van der Waals surface area (Å²) < 4.78 is 5.39. The Morgan fingerprint density at radius 2 is 1.67 bits per heavy atom. The van der Waals surface area contributed by atoms with Crippen LogP contribution in [0.25, 0.3) is 10.8 Å². The fraction of sp³-hybridized carbons (Fsp3) is 0.292. The van der Waals surface area contributed by atoms with Crippen LogP contribution in [0.3, 0.4) is 0 Å². The van der Waals surface area contributed by atoms with Crippen molar-refractivity contribution in [1.82, 2.24) is 4.90 Å². The van der Waals surface area contributed by atoms with Crippen LogP contribution in [0, 0.1) is 0 Å². The van der Waals surface area contributed by atoms with Crippen LogP contribution >= 0.6 is 11.6 Å². The Morgan fingerprint density at radius 3 is 2.50 bits per heavy atom. The molecule has 1 N–H and O–H groups in total. The molecule has 0 aromatic heterocycles. The van der Waals surface area contributed by atoms with E-state index in [4.69, 9.17) is 16.3 Å². The molecule has 1 saturated heterocycles. The lowest BCUT2D eigenvalue weighted by molar-refractivity contribution is 0.151. The summed E-state index contributed by atoms with van der Waals surface area (Å²) in [7, 11) is 0. The van der Waals surface area contributed by atoms with E-state index in [0.717, 1.165) is 66.3 Å². The molecule has 0 aliphatic carbocycles. The molecule has 1 aliphatic heterocycles. The minimum atomic E-state index is -0.408. The lowest BCUT2D eigenvalue weighted by Crippen LogP contribution is -2.46. The molecule has 3 aromatic rings. The fourth-order valence-electron chi connectivity index (χ4n) is 3.85. The van der Waals surface area contributed by atoms with Crippen molar-refractivity contribution in [2.24, 2.45) is 0 Å². The summed E-state index contributed by atoms with van der Waals surface area (Å²) in [5.41, 5.74) is 1.88. The Balaban J connectivity index is 1.18. The molecule has 4 rings (SSSR count). The van der Waals surface area contributed by atoms with E-state index < -0.39 is 6.09 Å². The molecule has 0 bridgehead atoms. The molecule has 0 spiro atoms. The summed E-state index contributed by atoms with van der Waals surface area (Å²) in [5, 5.41) is 5.76. The Hall–Kier alpha value is -2.76. The SMILES string of the molecule is O=C(Nc1cccc2ccccc12)OCCCN1CCN(c2ccccc2Cl)CC1. The second-order valence-corrected chi connectivity index (χ2v) is 7.83. The summed E-state index contributed by atoms with van der Waals surface area (Å²) in [5.74, 6) is 0. The van der Waals surface area contributed by atoms with E-state index in [1.165, 1.54) is 0 Å². The predicted octanol–water partition coefficient (Wildman–Crippen LogP) is 5.25. The van der Waals surface area contributed by atoms with Crippen molar-refractivity contribution in [2.45, 2.75) is 6.42 Å². The van der Waals surface area contributed by atoms with Gasteiger partial charge in [0.1, 0.15) is 0 Å². The van der Waals surface area contributed by atoms with Crippen molar-refractivity contribution in [3.8, 4) is 0 Å². The first-order chi connectivity index (χ1) is 14.7. The van der Waals surface area contributed by atoms with Gasteiger partial charge in [0.2, 0.25) is 0 Å². The molecule has 0 atom stereocenters. The van der Waals surface area contributed by atoms with Crippen LogP contribution in [0.5, 0.6) is 0 Å². The highest BCUT2D eigenvalue weighted by Gasteiger charge is 2.18. The molecular weight excluding hydrogens is 398 g/mol. The van der Waals surface area contributed by atoms with Gasteiger partial charge in [0, 0.05) is 38.1 Å². The van der Waals surface area contributed by atoms with E-state index in [2.05, 4.69) is 21.2 Å². The second kappa shape index (κ2) is 9.83. The van der Waals surface area contributed by atoms with E-state index in [1.807, 2.05) is 60.7 Å². The minimum absolute atomic E-state index is 0.404. The number of rotatable bonds is 6. The molecular formula is C24H26ClN3O2. The molecule has 1 amide bonds. The van der Waals surface area contributed by atoms with Gasteiger partial charge in [-0.3, -0.25) is 10.2 Å². The van der Waals surface area contributed by atoms with Crippen molar-refractivity contribution in [3.63, 3.8) is 0 Å². The standard InChI is InChI=1S/C24H26ClN3O2/c25-21-10-3-4-12-23(21)28-16-14-27(15-17-28)13-6-18-30-24(29)26-22-11-5-8-19-7-1-2-9-20(19)22/h1-5,7-12H,6,13-18H2,(H,26,29). The summed E-state index contributed by atoms with van der Waals surface area (Å²) in [6.07, 6.45) is 0.407. The molecule has 156 valence electrons. The lowest BCUT2D eigenvalue weighted by Gasteiger charge is -2.36. The molecule has 0 radical (unpaired) electrons. The molecule has 0 saturated carbocycles. The number of amides is 1. The molecule has 1 fully saturated rings. The third kappa shape index (κ3) is 5.04. The number of nitrogens with one attached hydrogen (secondary N) is 1. The minimum Gasteiger partial charge on any atom is -0.449 e. The van der Waals surface area contributed by atoms with E-state index >= 15 is 0 Å². The Labute approximate surface area is 182 Å². The Morgan fingerprint density at radius 1 is 0.933 bits per heavy atom. The molecule has 6 heteroatoms. The smallest absolute Gasteiger partial charge is 0.411 e. The van der Waals surface area contributed by atoms with Crippen molar-refractivity contribution in [1.29, 1.82) is 0 Å². The maximum absolute atomic E-state index is 12.2. The molecule has 1 heterocycles. The van der Waals surface area contributed by atoms with Crippen molar-refractivity contribution >= 4 is 39.8 Å². The van der Waals surface area contributed by atoms with Crippen LogP contribution in [-0.2, 0) is 4.74 Å². The largest absolute Gasteiger partial charge is 0.449 e. The molecule has 30 heavy (non-hydrogen) atoms.